The molecule has 0 aromatic heterocycles. The Bertz CT molecular complexity index is 1280. The van der Waals surface area contributed by atoms with E-state index in [0.717, 1.165) is 97.5 Å². The van der Waals surface area contributed by atoms with E-state index in [2.05, 4.69) is 58.6 Å². The van der Waals surface area contributed by atoms with Crippen LogP contribution in [0.1, 0.15) is 62.5 Å². The largest absolute Gasteiger partial charge is 0.661 e. The number of piperidine rings is 3. The maximum atomic E-state index is 13.1. The van der Waals surface area contributed by atoms with Crippen molar-refractivity contribution in [3.05, 3.63) is 66.1 Å². The van der Waals surface area contributed by atoms with Gasteiger partial charge in [0.05, 0.1) is 5.02 Å². The molecule has 1 aromatic rings. The van der Waals surface area contributed by atoms with Crippen LogP contribution in [0.5, 0.6) is 0 Å². The van der Waals surface area contributed by atoms with Gasteiger partial charge in [-0.25, -0.2) is 0 Å². The standard InChI is InChI=1S/C32H41BBr2ClN4O2/c1-33(42)40-16-6-21(7-17-40)18-29(41)38-12-8-22(9-13-38)23-10-14-39(15-11-23)32-27-4-5-28(36)30(35)26(27)3-2-24-19-25(34)20-37-31(24)32/h4-5,19-23,42H,2-3,6-18H2,1H3/q-1. The van der Waals surface area contributed by atoms with Crippen LogP contribution in [0.4, 0.5) is 0 Å². The van der Waals surface area contributed by atoms with E-state index in [9.17, 15) is 9.82 Å². The SMILES string of the molecule is CB(O)N1CCC(CC(=O)N2CCC(C3CCN(C4=C5[N-]C=C(Br)C=C5CCc5c4ccc(Cl)c5Br)CC3)CC2)CC1. The number of fused-ring (bicyclic) bond motifs is 2. The molecule has 5 aliphatic rings. The van der Waals surface area contributed by atoms with Crippen molar-refractivity contribution in [2.75, 3.05) is 39.3 Å². The number of nitrogens with zero attached hydrogens (tertiary/aromatic N) is 4. The van der Waals surface area contributed by atoms with Crippen molar-refractivity contribution < 1.29 is 9.82 Å². The molecule has 10 heteroatoms. The number of hydrogen-bond donors (Lipinski definition) is 1. The van der Waals surface area contributed by atoms with Crippen LogP contribution in [-0.2, 0) is 11.2 Å². The molecule has 4 heterocycles. The highest BCUT2D eigenvalue weighted by Gasteiger charge is 2.34. The topological polar surface area (TPSA) is 61.1 Å². The van der Waals surface area contributed by atoms with Crippen LogP contribution in [0.15, 0.2) is 44.6 Å². The van der Waals surface area contributed by atoms with Crippen LogP contribution in [0.3, 0.4) is 0 Å². The van der Waals surface area contributed by atoms with Gasteiger partial charge < -0.3 is 25.0 Å². The second kappa shape index (κ2) is 13.4. The van der Waals surface area contributed by atoms with Gasteiger partial charge in [-0.1, -0.05) is 39.2 Å². The minimum Gasteiger partial charge on any atom is -0.661 e. The van der Waals surface area contributed by atoms with Crippen molar-refractivity contribution in [3.63, 3.8) is 0 Å². The number of hydrogen-bond acceptors (Lipinski definition) is 4. The molecule has 1 amide bonds. The minimum atomic E-state index is -0.384. The molecule has 3 saturated heterocycles. The third kappa shape index (κ3) is 6.56. The molecule has 0 saturated carbocycles. The molecule has 3 fully saturated rings. The van der Waals surface area contributed by atoms with Gasteiger partial charge in [0.15, 0.2) is 0 Å². The van der Waals surface area contributed by atoms with E-state index in [1.807, 2.05) is 19.1 Å². The summed E-state index contributed by atoms with van der Waals surface area (Å²) < 4.78 is 2.03. The Hall–Kier alpha value is -1.26. The van der Waals surface area contributed by atoms with Crippen molar-refractivity contribution >= 4 is 62.1 Å². The number of rotatable bonds is 5. The molecule has 0 unspecified atom stereocenters. The Kier molecular flexibility index (Phi) is 9.81. The Morgan fingerprint density at radius 1 is 1.00 bits per heavy atom. The third-order valence-electron chi connectivity index (χ3n) is 10.3. The molecule has 42 heavy (non-hydrogen) atoms. The number of carbonyl (C=O) groups excluding carboxylic acids is 1. The zero-order chi connectivity index (χ0) is 29.4. The molecule has 1 aromatic carbocycles. The van der Waals surface area contributed by atoms with Gasteiger partial charge in [-0.3, -0.25) is 4.79 Å². The molecule has 0 radical (unpaired) electrons. The number of allylic oxidation sites excluding steroid dienone is 3. The predicted octanol–water partition coefficient (Wildman–Crippen LogP) is 7.43. The van der Waals surface area contributed by atoms with Crippen LogP contribution < -0.4 is 0 Å². The summed E-state index contributed by atoms with van der Waals surface area (Å²) in [6, 6.07) is 4.19. The van der Waals surface area contributed by atoms with Crippen LogP contribution in [0.2, 0.25) is 11.8 Å². The number of amides is 1. The molecule has 0 atom stereocenters. The highest BCUT2D eigenvalue weighted by Crippen LogP contribution is 2.46. The lowest BCUT2D eigenvalue weighted by atomic mass is 9.78. The van der Waals surface area contributed by atoms with Crippen molar-refractivity contribution in [3.8, 4) is 0 Å². The Balaban J connectivity index is 1.06. The molecule has 0 bridgehead atoms. The smallest absolute Gasteiger partial charge is 0.376 e. The fourth-order valence-electron chi connectivity index (χ4n) is 7.77. The van der Waals surface area contributed by atoms with Gasteiger partial charge in [0, 0.05) is 48.3 Å². The highest BCUT2D eigenvalue weighted by molar-refractivity contribution is 9.12. The maximum Gasteiger partial charge on any atom is 0.376 e. The van der Waals surface area contributed by atoms with Gasteiger partial charge in [0.1, 0.15) is 0 Å². The van der Waals surface area contributed by atoms with E-state index in [-0.39, 0.29) is 7.05 Å². The fourth-order valence-corrected chi connectivity index (χ4v) is 8.87. The lowest BCUT2D eigenvalue weighted by Gasteiger charge is -2.44. The molecule has 1 aliphatic carbocycles. The molecule has 4 aliphatic heterocycles. The molecular formula is C32H41BBr2ClN4O2-. The molecular weight excluding hydrogens is 678 g/mol. The lowest BCUT2D eigenvalue weighted by Crippen LogP contribution is -2.45. The number of likely N-dealkylation sites (tertiary alicyclic amines) is 2. The van der Waals surface area contributed by atoms with E-state index < -0.39 is 0 Å². The van der Waals surface area contributed by atoms with Crippen molar-refractivity contribution in [1.29, 1.82) is 0 Å². The second-order valence-electron chi connectivity index (χ2n) is 12.8. The predicted molar refractivity (Wildman–Crippen MR) is 179 cm³/mol. The molecule has 6 nitrogen and oxygen atoms in total. The van der Waals surface area contributed by atoms with Crippen molar-refractivity contribution in [2.24, 2.45) is 17.8 Å². The van der Waals surface area contributed by atoms with Gasteiger partial charge >= 0.3 is 7.05 Å². The van der Waals surface area contributed by atoms with E-state index >= 15 is 0 Å². The molecule has 6 rings (SSSR count). The van der Waals surface area contributed by atoms with E-state index in [4.69, 9.17) is 16.9 Å². The minimum absolute atomic E-state index is 0.339. The molecule has 0 spiro atoms. The first-order valence-corrected chi connectivity index (χ1v) is 17.7. The summed E-state index contributed by atoms with van der Waals surface area (Å²) in [5, 5.41) is 15.5. The van der Waals surface area contributed by atoms with Crippen LogP contribution in [-0.4, -0.2) is 71.9 Å². The zero-order valence-corrected chi connectivity index (χ0v) is 28.4. The van der Waals surface area contributed by atoms with E-state index in [0.29, 0.717) is 30.1 Å². The third-order valence-corrected chi connectivity index (χ3v) is 12.2. The van der Waals surface area contributed by atoms with Crippen LogP contribution >= 0.6 is 43.5 Å². The second-order valence-corrected chi connectivity index (χ2v) is 14.9. The normalized spacial score (nSPS) is 23.1. The van der Waals surface area contributed by atoms with Crippen molar-refractivity contribution in [1.82, 2.24) is 14.6 Å². The summed E-state index contributed by atoms with van der Waals surface area (Å²) in [5.74, 6) is 2.21. The summed E-state index contributed by atoms with van der Waals surface area (Å²) in [7, 11) is -0.384. The number of carbonyl (C=O) groups is 1. The Morgan fingerprint density at radius 2 is 1.67 bits per heavy atom. The Morgan fingerprint density at radius 3 is 2.33 bits per heavy atom. The summed E-state index contributed by atoms with van der Waals surface area (Å²) in [5.41, 5.74) is 6.17. The van der Waals surface area contributed by atoms with Crippen LogP contribution in [0.25, 0.3) is 11.0 Å². The fraction of sp³-hybridized carbons (Fsp3) is 0.594. The maximum absolute atomic E-state index is 13.1. The van der Waals surface area contributed by atoms with E-state index in [1.165, 1.54) is 35.2 Å². The van der Waals surface area contributed by atoms with Gasteiger partial charge in [-0.2, -0.15) is 6.20 Å². The van der Waals surface area contributed by atoms with Gasteiger partial charge in [-0.15, -0.1) is 5.70 Å². The molecule has 1 N–H and O–H groups in total. The van der Waals surface area contributed by atoms with Gasteiger partial charge in [-0.05, 0) is 127 Å². The summed E-state index contributed by atoms with van der Waals surface area (Å²) in [4.78, 5) is 19.9. The van der Waals surface area contributed by atoms with Gasteiger partial charge in [0.2, 0.25) is 5.91 Å². The Labute approximate surface area is 273 Å². The zero-order valence-electron chi connectivity index (χ0n) is 24.5. The summed E-state index contributed by atoms with van der Waals surface area (Å²) >= 11 is 14.0. The van der Waals surface area contributed by atoms with E-state index in [1.54, 1.807) is 0 Å². The summed E-state index contributed by atoms with van der Waals surface area (Å²) in [6.45, 7) is 7.49. The molecule has 226 valence electrons. The van der Waals surface area contributed by atoms with Gasteiger partial charge in [0.25, 0.3) is 0 Å². The van der Waals surface area contributed by atoms with Crippen molar-refractivity contribution in [2.45, 2.75) is 64.6 Å². The number of benzene rings is 1. The van der Waals surface area contributed by atoms with Crippen LogP contribution in [0, 0.1) is 17.8 Å². The first kappa shape index (κ1) is 30.8. The average Bonchev–Trinajstić information content (AvgIpc) is 3.16. The first-order valence-electron chi connectivity index (χ1n) is 15.7. The first-order chi connectivity index (χ1) is 20.3. The average molecular weight is 720 g/mol. The summed E-state index contributed by atoms with van der Waals surface area (Å²) in [6.07, 6.45) is 13.3. The monoisotopic (exact) mass is 717 g/mol. The quantitative estimate of drug-likeness (QED) is 0.322. The highest BCUT2D eigenvalue weighted by atomic mass is 79.9. The lowest BCUT2D eigenvalue weighted by molar-refractivity contribution is -0.134. The number of halogens is 3.